The summed E-state index contributed by atoms with van der Waals surface area (Å²) in [4.78, 5) is 38.1. The van der Waals surface area contributed by atoms with Crippen LogP contribution in [0.5, 0.6) is 0 Å². The van der Waals surface area contributed by atoms with Gasteiger partial charge in [-0.1, -0.05) is 242 Å². The van der Waals surface area contributed by atoms with Crippen molar-refractivity contribution in [2.24, 2.45) is 0 Å². The fourth-order valence-corrected chi connectivity index (χ4v) is 7.56. The molecule has 0 aromatic heterocycles. The summed E-state index contributed by atoms with van der Waals surface area (Å²) >= 11 is 0. The molecular formula is C72H110O6. The molecule has 0 fully saturated rings. The second-order valence-electron chi connectivity index (χ2n) is 19.5. The number of hydrogen-bond acceptors (Lipinski definition) is 6. The van der Waals surface area contributed by atoms with Gasteiger partial charge in [0.25, 0.3) is 0 Å². The SMILES string of the molecule is CC/C=C\C/C=C\C/C=C\C/C=C\C/C=C\C/C=C\C/C=C\C/C=C\C/C=C\C/C=C\CCCCC(=O)OCC(COC(=O)CCCCC/C=C\C/C=C\C/C=C\CC)OC(=O)CCCCCCC/C=C\C/C=C\CCCC. The average molecular weight is 1070 g/mol. The lowest BCUT2D eigenvalue weighted by molar-refractivity contribution is -0.167. The second-order valence-corrected chi connectivity index (χ2v) is 19.5. The minimum atomic E-state index is -0.826. The summed E-state index contributed by atoms with van der Waals surface area (Å²) in [6, 6.07) is 0. The fourth-order valence-electron chi connectivity index (χ4n) is 7.56. The average Bonchev–Trinajstić information content (AvgIpc) is 3.44. The Morgan fingerprint density at radius 3 is 0.821 bits per heavy atom. The maximum atomic E-state index is 12.8. The van der Waals surface area contributed by atoms with Gasteiger partial charge >= 0.3 is 17.9 Å². The van der Waals surface area contributed by atoms with Gasteiger partial charge < -0.3 is 14.2 Å². The Labute approximate surface area is 478 Å². The highest BCUT2D eigenvalue weighted by molar-refractivity contribution is 5.71. The Hall–Kier alpha value is -5.49. The Kier molecular flexibility index (Phi) is 59.5. The molecule has 0 bridgehead atoms. The minimum Gasteiger partial charge on any atom is -0.462 e. The van der Waals surface area contributed by atoms with Gasteiger partial charge in [0.1, 0.15) is 13.2 Å². The van der Waals surface area contributed by atoms with Crippen LogP contribution in [0, 0.1) is 0 Å². The van der Waals surface area contributed by atoms with Crippen molar-refractivity contribution >= 4 is 17.9 Å². The third-order valence-corrected chi connectivity index (χ3v) is 12.1. The summed E-state index contributed by atoms with van der Waals surface area (Å²) in [7, 11) is 0. The Bertz CT molecular complexity index is 1850. The van der Waals surface area contributed by atoms with E-state index in [9.17, 15) is 14.4 Å². The van der Waals surface area contributed by atoms with Gasteiger partial charge in [0.05, 0.1) is 0 Å². The Morgan fingerprint density at radius 1 is 0.269 bits per heavy atom. The largest absolute Gasteiger partial charge is 0.462 e. The summed E-state index contributed by atoms with van der Waals surface area (Å²) in [5.41, 5.74) is 0. The van der Waals surface area contributed by atoms with Gasteiger partial charge in [-0.2, -0.15) is 0 Å². The second kappa shape index (κ2) is 64.0. The van der Waals surface area contributed by atoms with E-state index in [-0.39, 0.29) is 44.0 Å². The molecule has 1 atom stereocenters. The van der Waals surface area contributed by atoms with Crippen molar-refractivity contribution in [2.45, 2.75) is 239 Å². The highest BCUT2D eigenvalue weighted by Crippen LogP contribution is 2.12. The monoisotopic (exact) mass is 1070 g/mol. The lowest BCUT2D eigenvalue weighted by atomic mass is 10.1. The van der Waals surface area contributed by atoms with Gasteiger partial charge in [-0.15, -0.1) is 0 Å². The van der Waals surface area contributed by atoms with Crippen LogP contribution in [0.2, 0.25) is 0 Å². The zero-order chi connectivity index (χ0) is 56.4. The van der Waals surface area contributed by atoms with Gasteiger partial charge in [-0.3, -0.25) is 14.4 Å². The van der Waals surface area contributed by atoms with Crippen LogP contribution in [0.3, 0.4) is 0 Å². The third-order valence-electron chi connectivity index (χ3n) is 12.1. The van der Waals surface area contributed by atoms with Crippen LogP contribution in [0.1, 0.15) is 233 Å². The van der Waals surface area contributed by atoms with Crippen molar-refractivity contribution in [3.63, 3.8) is 0 Å². The van der Waals surface area contributed by atoms with Crippen molar-refractivity contribution < 1.29 is 28.6 Å². The molecule has 1 unspecified atom stereocenters. The first-order chi connectivity index (χ1) is 38.5. The van der Waals surface area contributed by atoms with Gasteiger partial charge in [0.2, 0.25) is 0 Å². The zero-order valence-corrected chi connectivity index (χ0v) is 49.6. The molecule has 434 valence electrons. The molecule has 6 heteroatoms. The topological polar surface area (TPSA) is 78.9 Å². The lowest BCUT2D eigenvalue weighted by Gasteiger charge is -2.18. The summed E-state index contributed by atoms with van der Waals surface area (Å²) < 4.78 is 16.8. The number of allylic oxidation sites excluding steroid dienone is 30. The number of carbonyl (C=O) groups is 3. The molecule has 6 nitrogen and oxygen atoms in total. The van der Waals surface area contributed by atoms with Crippen molar-refractivity contribution in [3.05, 3.63) is 182 Å². The molecule has 0 aliphatic heterocycles. The minimum absolute atomic E-state index is 0.121. The van der Waals surface area contributed by atoms with Crippen LogP contribution in [0.4, 0.5) is 0 Å². The number of carbonyl (C=O) groups excluding carboxylic acids is 3. The smallest absolute Gasteiger partial charge is 0.306 e. The zero-order valence-electron chi connectivity index (χ0n) is 49.6. The molecule has 78 heavy (non-hydrogen) atoms. The van der Waals surface area contributed by atoms with E-state index in [2.05, 4.69) is 203 Å². The van der Waals surface area contributed by atoms with Crippen LogP contribution >= 0.6 is 0 Å². The molecule has 0 saturated carbocycles. The van der Waals surface area contributed by atoms with Crippen LogP contribution < -0.4 is 0 Å². The first-order valence-electron chi connectivity index (χ1n) is 30.8. The molecule has 0 aromatic carbocycles. The van der Waals surface area contributed by atoms with E-state index < -0.39 is 6.10 Å². The molecule has 0 heterocycles. The lowest BCUT2D eigenvalue weighted by Crippen LogP contribution is -2.30. The van der Waals surface area contributed by atoms with E-state index >= 15 is 0 Å². The van der Waals surface area contributed by atoms with E-state index in [0.29, 0.717) is 12.8 Å². The Balaban J connectivity index is 4.41. The van der Waals surface area contributed by atoms with E-state index in [4.69, 9.17) is 14.2 Å². The van der Waals surface area contributed by atoms with E-state index in [1.165, 1.54) is 19.3 Å². The number of ether oxygens (including phenoxy) is 3. The highest BCUT2D eigenvalue weighted by atomic mass is 16.6. The van der Waals surface area contributed by atoms with Gasteiger partial charge in [0, 0.05) is 19.3 Å². The quantitative estimate of drug-likeness (QED) is 0.0261. The first kappa shape index (κ1) is 72.5. The maximum Gasteiger partial charge on any atom is 0.306 e. The molecule has 0 aliphatic carbocycles. The first-order valence-corrected chi connectivity index (χ1v) is 30.8. The van der Waals surface area contributed by atoms with Gasteiger partial charge in [0.15, 0.2) is 6.10 Å². The molecule has 0 spiro atoms. The molecule has 0 saturated heterocycles. The van der Waals surface area contributed by atoms with Gasteiger partial charge in [-0.05, 0) is 154 Å². The van der Waals surface area contributed by atoms with Crippen LogP contribution in [0.15, 0.2) is 182 Å². The van der Waals surface area contributed by atoms with Crippen molar-refractivity contribution in [2.75, 3.05) is 13.2 Å². The summed E-state index contributed by atoms with van der Waals surface area (Å²) in [6.45, 7) is 6.27. The molecule has 0 rings (SSSR count). The highest BCUT2D eigenvalue weighted by Gasteiger charge is 2.19. The van der Waals surface area contributed by atoms with Crippen LogP contribution in [0.25, 0.3) is 0 Å². The van der Waals surface area contributed by atoms with Crippen molar-refractivity contribution in [1.82, 2.24) is 0 Å². The molecule has 0 amide bonds. The summed E-state index contributed by atoms with van der Waals surface area (Å²) in [5, 5.41) is 0. The summed E-state index contributed by atoms with van der Waals surface area (Å²) in [5.74, 6) is -1.02. The number of rotatable bonds is 53. The van der Waals surface area contributed by atoms with Gasteiger partial charge in [-0.25, -0.2) is 0 Å². The summed E-state index contributed by atoms with van der Waals surface area (Å²) in [6.07, 6.45) is 96.2. The van der Waals surface area contributed by atoms with Crippen molar-refractivity contribution in [3.8, 4) is 0 Å². The van der Waals surface area contributed by atoms with Crippen LogP contribution in [-0.2, 0) is 28.6 Å². The predicted molar refractivity (Wildman–Crippen MR) is 338 cm³/mol. The predicted octanol–water partition coefficient (Wildman–Crippen LogP) is 21.3. The number of esters is 3. The van der Waals surface area contributed by atoms with Crippen LogP contribution in [-0.4, -0.2) is 37.2 Å². The van der Waals surface area contributed by atoms with E-state index in [1.807, 2.05) is 0 Å². The fraction of sp³-hybridized carbons (Fsp3) is 0.542. The normalized spacial score (nSPS) is 13.4. The number of unbranched alkanes of at least 4 members (excludes halogenated alkanes) is 12. The number of hydrogen-bond donors (Lipinski definition) is 0. The van der Waals surface area contributed by atoms with E-state index in [0.717, 1.165) is 167 Å². The van der Waals surface area contributed by atoms with Crippen molar-refractivity contribution in [1.29, 1.82) is 0 Å². The van der Waals surface area contributed by atoms with E-state index in [1.54, 1.807) is 0 Å². The standard InChI is InChI=1S/C72H110O6/c1-4-7-10-13-16-19-22-25-27-28-29-30-31-32-33-34-35-36-37-38-39-40-41-42-43-44-45-48-50-53-56-59-62-65-71(74)77-68-69(67-76-70(73)64-61-58-55-52-49-46-24-21-18-15-12-9-6-3)78-72(75)66-63-60-57-54-51-47-26-23-20-17-14-11-8-5-2/h7,9-10,12,14,16-19,21,23,25-27,29-30,32-33,35-36,38-39,41-42,44-46,49-50,53,69H,4-6,8,11,13,15,20,22,24,28,31,34,37,40,43,47-48,51-52,54-68H2,1-3H3/b10-7-,12-9-,17-14-,19-16-,21-18-,26-23-,27-25-,30-29-,33-32-,36-35-,39-38-,42-41-,45-44-,49-46-,53-50-. The molecule has 0 aliphatic rings. The molecule has 0 N–H and O–H groups in total. The third kappa shape index (κ3) is 61.4. The molecule has 0 radical (unpaired) electrons. The molecular weight excluding hydrogens is 961 g/mol. The Morgan fingerprint density at radius 2 is 0.500 bits per heavy atom. The maximum absolute atomic E-state index is 12.8. The molecule has 0 aromatic rings.